The maximum Gasteiger partial charge on any atom is 0.346 e. The largest absolute Gasteiger partial charge is 0.393 e. The Labute approximate surface area is 46.9 Å². The van der Waals surface area contributed by atoms with Gasteiger partial charge in [-0.3, -0.25) is 0 Å². The van der Waals surface area contributed by atoms with Crippen LogP contribution in [0.5, 0.6) is 0 Å². The van der Waals surface area contributed by atoms with Crippen molar-refractivity contribution in [1.82, 2.24) is 0 Å². The molecule has 0 rings (SSSR count). The number of hydrogen-bond acceptors (Lipinski definition) is 4. The second kappa shape index (κ2) is 2.87. The summed E-state index contributed by atoms with van der Waals surface area (Å²) in [5.74, 6) is -0.733. The molecule has 0 aromatic carbocycles. The van der Waals surface area contributed by atoms with Crippen LogP contribution in [0.2, 0.25) is 0 Å². The summed E-state index contributed by atoms with van der Waals surface area (Å²) in [4.78, 5) is 9.96. The lowest BCUT2D eigenvalue weighted by atomic mass is 10.4. The third-order valence-corrected chi connectivity index (χ3v) is 0.611. The molecule has 0 aliphatic heterocycles. The monoisotopic (exact) mass is 122 g/mol. The van der Waals surface area contributed by atoms with Crippen molar-refractivity contribution >= 4 is 18.9 Å². The molecular formula is C3H6O3S. The van der Waals surface area contributed by atoms with Gasteiger partial charge in [0.05, 0.1) is 0 Å². The van der Waals surface area contributed by atoms with Crippen molar-refractivity contribution in [3.05, 3.63) is 0 Å². The molecule has 0 aliphatic rings. The SMILES string of the molecule is CC(O)C(=O)OS. The molecule has 3 nitrogen and oxygen atoms in total. The molecular weight excluding hydrogens is 116 g/mol. The lowest BCUT2D eigenvalue weighted by molar-refractivity contribution is -0.141. The van der Waals surface area contributed by atoms with Crippen molar-refractivity contribution in [2.24, 2.45) is 0 Å². The van der Waals surface area contributed by atoms with Gasteiger partial charge in [-0.2, -0.15) is 0 Å². The van der Waals surface area contributed by atoms with Crippen molar-refractivity contribution in [2.45, 2.75) is 13.0 Å². The van der Waals surface area contributed by atoms with Gasteiger partial charge in [-0.15, -0.1) is 0 Å². The van der Waals surface area contributed by atoms with E-state index < -0.39 is 12.1 Å². The van der Waals surface area contributed by atoms with Gasteiger partial charge in [0.25, 0.3) is 0 Å². The third-order valence-electron chi connectivity index (χ3n) is 0.431. The highest BCUT2D eigenvalue weighted by Gasteiger charge is 2.06. The first-order valence-corrected chi connectivity index (χ1v) is 2.08. The fourth-order valence-corrected chi connectivity index (χ4v) is 0.229. The van der Waals surface area contributed by atoms with E-state index in [1.54, 1.807) is 0 Å². The Balaban J connectivity index is 3.35. The molecule has 0 aromatic rings. The predicted octanol–water partition coefficient (Wildman–Crippen LogP) is -0.245. The second-order valence-corrected chi connectivity index (χ2v) is 1.27. The first-order valence-electron chi connectivity index (χ1n) is 1.72. The highest BCUT2D eigenvalue weighted by molar-refractivity contribution is 7.75. The molecule has 0 fully saturated rings. The summed E-state index contributed by atoms with van der Waals surface area (Å²) in [6, 6.07) is 0. The third kappa shape index (κ3) is 2.47. The molecule has 0 saturated heterocycles. The molecule has 0 aromatic heterocycles. The predicted molar refractivity (Wildman–Crippen MR) is 26.8 cm³/mol. The van der Waals surface area contributed by atoms with Crippen LogP contribution in [0.3, 0.4) is 0 Å². The number of carbonyl (C=O) groups excluding carboxylic acids is 1. The smallest absolute Gasteiger partial charge is 0.346 e. The van der Waals surface area contributed by atoms with Crippen molar-refractivity contribution in [3.63, 3.8) is 0 Å². The molecule has 0 amide bonds. The number of aliphatic hydroxyl groups is 1. The van der Waals surface area contributed by atoms with E-state index in [0.717, 1.165) is 0 Å². The standard InChI is InChI=1S/C3H6O3S/c1-2(4)3(5)6-7/h2,4,7H,1H3. The maximum atomic E-state index is 9.96. The van der Waals surface area contributed by atoms with Gasteiger partial charge in [0.15, 0.2) is 0 Å². The fourth-order valence-electron chi connectivity index (χ4n) is 0.0763. The van der Waals surface area contributed by atoms with Gasteiger partial charge in [0, 0.05) is 12.9 Å². The van der Waals surface area contributed by atoms with Gasteiger partial charge in [0.1, 0.15) is 6.10 Å². The molecule has 7 heavy (non-hydrogen) atoms. The van der Waals surface area contributed by atoms with Crippen molar-refractivity contribution in [3.8, 4) is 0 Å². The molecule has 1 atom stereocenters. The van der Waals surface area contributed by atoms with Gasteiger partial charge in [-0.05, 0) is 6.92 Å². The van der Waals surface area contributed by atoms with Crippen LogP contribution >= 0.6 is 12.9 Å². The van der Waals surface area contributed by atoms with Crippen LogP contribution in [0.15, 0.2) is 0 Å². The quantitative estimate of drug-likeness (QED) is 0.372. The minimum atomic E-state index is -1.07. The van der Waals surface area contributed by atoms with Crippen LogP contribution in [0, 0.1) is 0 Å². The Morgan fingerprint density at radius 3 is 2.43 bits per heavy atom. The molecule has 0 aliphatic carbocycles. The van der Waals surface area contributed by atoms with E-state index in [1.165, 1.54) is 6.92 Å². The summed E-state index contributed by atoms with van der Waals surface area (Å²) in [5, 5.41) is 8.30. The maximum absolute atomic E-state index is 9.96. The van der Waals surface area contributed by atoms with Crippen LogP contribution < -0.4 is 0 Å². The van der Waals surface area contributed by atoms with Crippen LogP contribution in [0.4, 0.5) is 0 Å². The van der Waals surface area contributed by atoms with E-state index in [-0.39, 0.29) is 0 Å². The van der Waals surface area contributed by atoms with E-state index in [2.05, 4.69) is 17.1 Å². The molecule has 0 spiro atoms. The van der Waals surface area contributed by atoms with E-state index in [4.69, 9.17) is 5.11 Å². The summed E-state index contributed by atoms with van der Waals surface area (Å²) < 4.78 is 3.82. The van der Waals surface area contributed by atoms with E-state index in [0.29, 0.717) is 0 Å². The Kier molecular flexibility index (Phi) is 2.78. The van der Waals surface area contributed by atoms with Crippen LogP contribution in [0.1, 0.15) is 6.92 Å². The van der Waals surface area contributed by atoms with Crippen LogP contribution in [-0.4, -0.2) is 17.2 Å². The van der Waals surface area contributed by atoms with Gasteiger partial charge < -0.3 is 9.29 Å². The first-order chi connectivity index (χ1) is 3.18. The Bertz CT molecular complexity index is 70.6. The summed E-state index contributed by atoms with van der Waals surface area (Å²) in [6.45, 7) is 1.30. The molecule has 4 heteroatoms. The Morgan fingerprint density at radius 2 is 2.43 bits per heavy atom. The van der Waals surface area contributed by atoms with Gasteiger partial charge in [-0.1, -0.05) is 0 Å². The zero-order valence-corrected chi connectivity index (χ0v) is 4.68. The van der Waals surface area contributed by atoms with E-state index >= 15 is 0 Å². The van der Waals surface area contributed by atoms with E-state index in [9.17, 15) is 4.79 Å². The number of rotatable bonds is 1. The second-order valence-electron chi connectivity index (χ2n) is 1.09. The highest BCUT2D eigenvalue weighted by Crippen LogP contribution is 1.86. The minimum Gasteiger partial charge on any atom is -0.393 e. The average molecular weight is 122 g/mol. The summed E-state index contributed by atoms with van der Waals surface area (Å²) in [7, 11) is 0. The zero-order valence-electron chi connectivity index (χ0n) is 3.79. The molecule has 1 N–H and O–H groups in total. The summed E-state index contributed by atoms with van der Waals surface area (Å²) in [5.41, 5.74) is 0. The number of hydrogen-bond donors (Lipinski definition) is 2. The Morgan fingerprint density at radius 1 is 2.00 bits per heavy atom. The first kappa shape index (κ1) is 6.78. The van der Waals surface area contributed by atoms with Crippen LogP contribution in [0.25, 0.3) is 0 Å². The number of aliphatic hydroxyl groups excluding tert-OH is 1. The van der Waals surface area contributed by atoms with Crippen LogP contribution in [-0.2, 0) is 8.98 Å². The van der Waals surface area contributed by atoms with Gasteiger partial charge >= 0.3 is 5.97 Å². The normalized spacial score (nSPS) is 13.0. The van der Waals surface area contributed by atoms with Crippen molar-refractivity contribution in [1.29, 1.82) is 0 Å². The molecule has 0 radical (unpaired) electrons. The topological polar surface area (TPSA) is 46.5 Å². The molecule has 0 bridgehead atoms. The average Bonchev–Trinajstić information content (AvgIpc) is 1.65. The van der Waals surface area contributed by atoms with Gasteiger partial charge in [0.2, 0.25) is 0 Å². The van der Waals surface area contributed by atoms with E-state index in [1.807, 2.05) is 0 Å². The molecule has 0 saturated carbocycles. The van der Waals surface area contributed by atoms with Crippen molar-refractivity contribution in [2.75, 3.05) is 0 Å². The number of thiol groups is 1. The highest BCUT2D eigenvalue weighted by atomic mass is 32.1. The Hall–Kier alpha value is -0.220. The zero-order chi connectivity index (χ0) is 5.86. The lowest BCUT2D eigenvalue weighted by Gasteiger charge is -1.95. The molecule has 42 valence electrons. The molecule has 1 unspecified atom stereocenters. The minimum absolute atomic E-state index is 0.733. The number of carbonyl (C=O) groups is 1. The van der Waals surface area contributed by atoms with Gasteiger partial charge in [-0.25, -0.2) is 4.79 Å². The lowest BCUT2D eigenvalue weighted by Crippen LogP contribution is -2.15. The molecule has 0 heterocycles. The fraction of sp³-hybridized carbons (Fsp3) is 0.667. The van der Waals surface area contributed by atoms with Crippen molar-refractivity contribution < 1.29 is 14.1 Å². The summed E-state index contributed by atoms with van der Waals surface area (Å²) >= 11 is 3.15. The summed E-state index contributed by atoms with van der Waals surface area (Å²) in [6.07, 6.45) is -1.07.